The molecule has 0 atom stereocenters. The fourth-order valence-corrected chi connectivity index (χ4v) is 2.92. The third-order valence-corrected chi connectivity index (χ3v) is 4.05. The zero-order chi connectivity index (χ0) is 16.0. The van der Waals surface area contributed by atoms with Gasteiger partial charge in [0, 0.05) is 18.6 Å². The Balaban J connectivity index is 1.94. The maximum absolute atomic E-state index is 11.9. The summed E-state index contributed by atoms with van der Waals surface area (Å²) in [5.41, 5.74) is 4.30. The van der Waals surface area contributed by atoms with Crippen molar-refractivity contribution in [3.05, 3.63) is 42.1 Å². The fraction of sp³-hybridized carbons (Fsp3) is 0.235. The van der Waals surface area contributed by atoms with Crippen molar-refractivity contribution in [3.63, 3.8) is 0 Å². The number of hydrogen-bond donors (Lipinski definition) is 0. The quantitative estimate of drug-likeness (QED) is 0.730. The number of carbonyl (C=O) groups excluding carboxylic acids is 1. The van der Waals surface area contributed by atoms with E-state index >= 15 is 0 Å². The summed E-state index contributed by atoms with van der Waals surface area (Å²) in [4.78, 5) is 18.3. The van der Waals surface area contributed by atoms with Gasteiger partial charge in [-0.05, 0) is 30.7 Å². The zero-order valence-corrected chi connectivity index (χ0v) is 13.0. The van der Waals surface area contributed by atoms with E-state index in [4.69, 9.17) is 9.72 Å². The monoisotopic (exact) mass is 308 g/mol. The summed E-state index contributed by atoms with van der Waals surface area (Å²) in [6.45, 7) is 3.00. The molecule has 3 heterocycles. The van der Waals surface area contributed by atoms with E-state index in [-0.39, 0.29) is 6.09 Å². The number of rotatable bonds is 2. The molecule has 3 aromatic rings. The second kappa shape index (κ2) is 5.08. The summed E-state index contributed by atoms with van der Waals surface area (Å²) in [6.07, 6.45) is 1.57. The molecule has 23 heavy (non-hydrogen) atoms. The topological polar surface area (TPSA) is 60.3 Å². The number of ether oxygens (including phenoxy) is 1. The van der Waals surface area contributed by atoms with E-state index in [1.54, 1.807) is 9.58 Å². The second-order valence-corrected chi connectivity index (χ2v) is 5.64. The molecule has 1 fully saturated rings. The highest BCUT2D eigenvalue weighted by molar-refractivity contribution is 6.01. The Morgan fingerprint density at radius 3 is 2.78 bits per heavy atom. The molecule has 0 saturated carbocycles. The van der Waals surface area contributed by atoms with E-state index in [1.807, 2.05) is 50.5 Å². The van der Waals surface area contributed by atoms with Crippen LogP contribution in [0.5, 0.6) is 0 Å². The maximum Gasteiger partial charge on any atom is 0.414 e. The summed E-state index contributed by atoms with van der Waals surface area (Å²) in [5.74, 6) is 0. The van der Waals surface area contributed by atoms with Crippen LogP contribution < -0.4 is 4.90 Å². The molecular formula is C17H16N4O2. The number of aryl methyl sites for hydroxylation is 2. The lowest BCUT2D eigenvalue weighted by Crippen LogP contribution is -2.23. The van der Waals surface area contributed by atoms with Gasteiger partial charge in [-0.25, -0.2) is 9.78 Å². The first-order valence-corrected chi connectivity index (χ1v) is 7.48. The van der Waals surface area contributed by atoms with Crippen molar-refractivity contribution in [1.29, 1.82) is 0 Å². The molecule has 0 radical (unpaired) electrons. The zero-order valence-electron chi connectivity index (χ0n) is 13.0. The normalized spacial score (nSPS) is 14.5. The molecule has 1 amide bonds. The molecule has 1 saturated heterocycles. The average molecular weight is 308 g/mol. The van der Waals surface area contributed by atoms with E-state index in [1.165, 1.54) is 0 Å². The van der Waals surface area contributed by atoms with Crippen LogP contribution in [0.3, 0.4) is 0 Å². The number of amides is 1. The lowest BCUT2D eigenvalue weighted by atomic mass is 10.1. The lowest BCUT2D eigenvalue weighted by Gasteiger charge is -2.16. The first kappa shape index (κ1) is 13.8. The van der Waals surface area contributed by atoms with Crippen molar-refractivity contribution in [2.75, 3.05) is 18.1 Å². The number of hydrogen-bond acceptors (Lipinski definition) is 4. The minimum atomic E-state index is -0.319. The van der Waals surface area contributed by atoms with Gasteiger partial charge in [0.25, 0.3) is 0 Å². The van der Waals surface area contributed by atoms with E-state index in [0.717, 1.165) is 33.5 Å². The van der Waals surface area contributed by atoms with Gasteiger partial charge < -0.3 is 4.74 Å². The number of para-hydroxylation sites is 1. The Kier molecular flexibility index (Phi) is 3.04. The van der Waals surface area contributed by atoms with Crippen LogP contribution in [0.25, 0.3) is 22.3 Å². The molecule has 0 bridgehead atoms. The molecule has 1 aliphatic heterocycles. The molecule has 4 rings (SSSR count). The van der Waals surface area contributed by atoms with Crippen LogP contribution >= 0.6 is 0 Å². The van der Waals surface area contributed by atoms with Gasteiger partial charge in [0.1, 0.15) is 12.3 Å². The Bertz CT molecular complexity index is 916. The van der Waals surface area contributed by atoms with Crippen LogP contribution in [0.4, 0.5) is 10.5 Å². The summed E-state index contributed by atoms with van der Waals surface area (Å²) < 4.78 is 6.81. The summed E-state index contributed by atoms with van der Waals surface area (Å²) in [7, 11) is 1.88. The Morgan fingerprint density at radius 2 is 2.09 bits per heavy atom. The SMILES string of the molecule is Cc1cc(-c2ccn(C)n2)nc2c(N3CCOC3=O)cccc12. The fourth-order valence-electron chi connectivity index (χ4n) is 2.92. The molecule has 1 aromatic carbocycles. The van der Waals surface area contributed by atoms with Crippen molar-refractivity contribution < 1.29 is 9.53 Å². The number of aromatic nitrogens is 3. The Morgan fingerprint density at radius 1 is 1.22 bits per heavy atom. The van der Waals surface area contributed by atoms with Crippen molar-refractivity contribution in [1.82, 2.24) is 14.8 Å². The summed E-state index contributed by atoms with van der Waals surface area (Å²) in [6, 6.07) is 9.82. The molecule has 116 valence electrons. The highest BCUT2D eigenvalue weighted by Gasteiger charge is 2.26. The minimum absolute atomic E-state index is 0.319. The van der Waals surface area contributed by atoms with Gasteiger partial charge in [0.2, 0.25) is 0 Å². The van der Waals surface area contributed by atoms with Crippen molar-refractivity contribution in [2.45, 2.75) is 6.92 Å². The van der Waals surface area contributed by atoms with Gasteiger partial charge in [0.15, 0.2) is 0 Å². The van der Waals surface area contributed by atoms with Gasteiger partial charge >= 0.3 is 6.09 Å². The summed E-state index contributed by atoms with van der Waals surface area (Å²) in [5, 5.41) is 5.45. The van der Waals surface area contributed by atoms with E-state index in [9.17, 15) is 4.79 Å². The molecule has 0 N–H and O–H groups in total. The van der Waals surface area contributed by atoms with Gasteiger partial charge in [0.05, 0.1) is 23.4 Å². The highest BCUT2D eigenvalue weighted by atomic mass is 16.6. The number of nitrogens with zero attached hydrogens (tertiary/aromatic N) is 4. The Labute approximate surface area is 133 Å². The van der Waals surface area contributed by atoms with Crippen LogP contribution in [-0.4, -0.2) is 34.0 Å². The predicted molar refractivity (Wildman–Crippen MR) is 87.4 cm³/mol. The molecule has 0 spiro atoms. The first-order valence-electron chi connectivity index (χ1n) is 7.48. The largest absolute Gasteiger partial charge is 0.447 e. The number of pyridine rings is 1. The molecule has 0 aliphatic carbocycles. The molecule has 2 aromatic heterocycles. The van der Waals surface area contributed by atoms with Crippen LogP contribution in [-0.2, 0) is 11.8 Å². The molecule has 1 aliphatic rings. The van der Waals surface area contributed by atoms with Crippen LogP contribution in [0, 0.1) is 6.92 Å². The van der Waals surface area contributed by atoms with Crippen molar-refractivity contribution in [3.8, 4) is 11.4 Å². The number of anilines is 1. The molecule has 6 nitrogen and oxygen atoms in total. The number of benzene rings is 1. The van der Waals surface area contributed by atoms with Gasteiger partial charge in [-0.1, -0.05) is 12.1 Å². The van der Waals surface area contributed by atoms with E-state index in [2.05, 4.69) is 5.10 Å². The second-order valence-electron chi connectivity index (χ2n) is 5.64. The minimum Gasteiger partial charge on any atom is -0.447 e. The maximum atomic E-state index is 11.9. The smallest absolute Gasteiger partial charge is 0.414 e. The standard InChI is InChI=1S/C17H16N4O2/c1-11-10-14(13-6-7-20(2)19-13)18-16-12(11)4-3-5-15(16)21-8-9-23-17(21)22/h3-7,10H,8-9H2,1-2H3. The van der Waals surface area contributed by atoms with Gasteiger partial charge in [-0.15, -0.1) is 0 Å². The predicted octanol–water partition coefficient (Wildman–Crippen LogP) is 2.90. The number of fused-ring (bicyclic) bond motifs is 1. The molecule has 6 heteroatoms. The Hall–Kier alpha value is -2.89. The van der Waals surface area contributed by atoms with E-state index < -0.39 is 0 Å². The molecular weight excluding hydrogens is 292 g/mol. The third kappa shape index (κ3) is 2.23. The lowest BCUT2D eigenvalue weighted by molar-refractivity contribution is 0.181. The van der Waals surface area contributed by atoms with Crippen molar-refractivity contribution in [2.24, 2.45) is 7.05 Å². The average Bonchev–Trinajstić information content (AvgIpc) is 3.15. The molecule has 0 unspecified atom stereocenters. The summed E-state index contributed by atoms with van der Waals surface area (Å²) >= 11 is 0. The van der Waals surface area contributed by atoms with Crippen molar-refractivity contribution >= 4 is 22.7 Å². The number of cyclic esters (lactones) is 1. The van der Waals surface area contributed by atoms with Gasteiger partial charge in [-0.2, -0.15) is 5.10 Å². The van der Waals surface area contributed by atoms with Crippen LogP contribution in [0.1, 0.15) is 5.56 Å². The first-order chi connectivity index (χ1) is 11.1. The van der Waals surface area contributed by atoms with Gasteiger partial charge in [-0.3, -0.25) is 9.58 Å². The van der Waals surface area contributed by atoms with Crippen LogP contribution in [0.15, 0.2) is 36.5 Å². The van der Waals surface area contributed by atoms with E-state index in [0.29, 0.717) is 13.2 Å². The van der Waals surface area contributed by atoms with Crippen LogP contribution in [0.2, 0.25) is 0 Å². The third-order valence-electron chi connectivity index (χ3n) is 4.05. The highest BCUT2D eigenvalue weighted by Crippen LogP contribution is 2.31. The number of carbonyl (C=O) groups is 1.